The van der Waals surface area contributed by atoms with Crippen LogP contribution in [0.5, 0.6) is 0 Å². The van der Waals surface area contributed by atoms with Crippen molar-refractivity contribution in [2.75, 3.05) is 32.8 Å². The molecular weight excluding hydrogens is 212 g/mol. The van der Waals surface area contributed by atoms with Gasteiger partial charge in [0.05, 0.1) is 13.2 Å². The number of morpholine rings is 1. The highest BCUT2D eigenvalue weighted by Gasteiger charge is 2.31. The highest BCUT2D eigenvalue weighted by molar-refractivity contribution is 6.04. The summed E-state index contributed by atoms with van der Waals surface area (Å²) in [5.41, 5.74) is 0. The van der Waals surface area contributed by atoms with Gasteiger partial charge in [-0.05, 0) is 0 Å². The number of rotatable bonds is 2. The number of likely N-dealkylation sites (tertiary alicyclic amines) is 1. The molecule has 0 saturated carbocycles. The van der Waals surface area contributed by atoms with Crippen molar-refractivity contribution in [1.29, 1.82) is 0 Å². The van der Waals surface area contributed by atoms with Crippen molar-refractivity contribution in [2.24, 2.45) is 0 Å². The lowest BCUT2D eigenvalue weighted by atomic mass is 10.4. The van der Waals surface area contributed by atoms with Gasteiger partial charge in [-0.2, -0.15) is 0 Å². The van der Waals surface area contributed by atoms with Gasteiger partial charge in [0.15, 0.2) is 0 Å². The maximum Gasteiger partial charge on any atom is 0.242 e. The molecule has 2 saturated heterocycles. The van der Waals surface area contributed by atoms with Gasteiger partial charge in [0.25, 0.3) is 0 Å². The normalized spacial score (nSPS) is 21.8. The van der Waals surface area contributed by atoms with Gasteiger partial charge in [-0.3, -0.25) is 19.3 Å². The Bertz CT molecular complexity index is 307. The molecule has 0 spiro atoms. The third-order valence-electron chi connectivity index (χ3n) is 2.81. The minimum atomic E-state index is -0.244. The van der Waals surface area contributed by atoms with Crippen molar-refractivity contribution in [3.63, 3.8) is 0 Å². The second kappa shape index (κ2) is 4.61. The van der Waals surface area contributed by atoms with Crippen LogP contribution in [0.2, 0.25) is 0 Å². The van der Waals surface area contributed by atoms with E-state index in [-0.39, 0.29) is 37.1 Å². The molecule has 0 radical (unpaired) electrons. The summed E-state index contributed by atoms with van der Waals surface area (Å²) >= 11 is 0. The van der Waals surface area contributed by atoms with Gasteiger partial charge in [0.2, 0.25) is 17.7 Å². The molecule has 0 aliphatic carbocycles. The van der Waals surface area contributed by atoms with Crippen LogP contribution in [0.25, 0.3) is 0 Å². The summed E-state index contributed by atoms with van der Waals surface area (Å²) in [4.78, 5) is 37.1. The predicted octanol–water partition coefficient (Wildman–Crippen LogP) is -1.01. The van der Waals surface area contributed by atoms with E-state index in [1.165, 1.54) is 0 Å². The molecule has 0 aromatic rings. The van der Waals surface area contributed by atoms with E-state index in [2.05, 4.69) is 0 Å². The van der Waals surface area contributed by atoms with E-state index in [1.54, 1.807) is 4.90 Å². The van der Waals surface area contributed by atoms with Gasteiger partial charge in [-0.15, -0.1) is 0 Å². The van der Waals surface area contributed by atoms with Crippen molar-refractivity contribution in [1.82, 2.24) is 9.80 Å². The fourth-order valence-corrected chi connectivity index (χ4v) is 1.85. The van der Waals surface area contributed by atoms with Gasteiger partial charge in [-0.1, -0.05) is 0 Å². The summed E-state index contributed by atoms with van der Waals surface area (Å²) in [5.74, 6) is -0.662. The molecule has 0 aromatic heterocycles. The molecule has 6 nitrogen and oxygen atoms in total. The van der Waals surface area contributed by atoms with E-state index < -0.39 is 0 Å². The molecule has 88 valence electrons. The zero-order chi connectivity index (χ0) is 11.5. The van der Waals surface area contributed by atoms with E-state index in [1.807, 2.05) is 0 Å². The Kier molecular flexibility index (Phi) is 3.19. The van der Waals surface area contributed by atoms with Crippen molar-refractivity contribution in [3.05, 3.63) is 0 Å². The first-order chi connectivity index (χ1) is 7.68. The Balaban J connectivity index is 1.90. The van der Waals surface area contributed by atoms with Crippen LogP contribution < -0.4 is 0 Å². The van der Waals surface area contributed by atoms with Crippen LogP contribution in [0.4, 0.5) is 0 Å². The summed E-state index contributed by atoms with van der Waals surface area (Å²) in [7, 11) is 0. The number of nitrogens with zero attached hydrogens (tertiary/aromatic N) is 2. The topological polar surface area (TPSA) is 66.9 Å². The van der Waals surface area contributed by atoms with Crippen molar-refractivity contribution in [2.45, 2.75) is 12.8 Å². The molecule has 0 bridgehead atoms. The van der Waals surface area contributed by atoms with Gasteiger partial charge in [-0.25, -0.2) is 0 Å². The lowest BCUT2D eigenvalue weighted by Gasteiger charge is -2.28. The third-order valence-corrected chi connectivity index (χ3v) is 2.81. The standard InChI is InChI=1S/C10H14N2O4/c13-8-1-2-9(14)12(8)7-10(15)11-3-5-16-6-4-11/h1-7H2. The van der Waals surface area contributed by atoms with E-state index in [4.69, 9.17) is 4.74 Å². The van der Waals surface area contributed by atoms with Gasteiger partial charge in [0.1, 0.15) is 6.54 Å². The highest BCUT2D eigenvalue weighted by atomic mass is 16.5. The first-order valence-electron chi connectivity index (χ1n) is 5.37. The Morgan fingerprint density at radius 1 is 1.12 bits per heavy atom. The molecule has 0 atom stereocenters. The zero-order valence-corrected chi connectivity index (χ0v) is 8.98. The van der Waals surface area contributed by atoms with Crippen LogP contribution >= 0.6 is 0 Å². The second-order valence-corrected chi connectivity index (χ2v) is 3.87. The van der Waals surface area contributed by atoms with Crippen molar-refractivity contribution in [3.8, 4) is 0 Å². The number of ether oxygens (including phenoxy) is 1. The molecule has 6 heteroatoms. The van der Waals surface area contributed by atoms with E-state index in [0.29, 0.717) is 26.3 Å². The van der Waals surface area contributed by atoms with Gasteiger partial charge in [0, 0.05) is 25.9 Å². The summed E-state index contributed by atoms with van der Waals surface area (Å²) in [6.45, 7) is 2.00. The lowest BCUT2D eigenvalue weighted by molar-refractivity contribution is -0.147. The zero-order valence-electron chi connectivity index (χ0n) is 8.98. The maximum absolute atomic E-state index is 11.8. The molecule has 3 amide bonds. The Labute approximate surface area is 93.1 Å². The molecule has 2 heterocycles. The molecule has 16 heavy (non-hydrogen) atoms. The number of carbonyl (C=O) groups excluding carboxylic acids is 3. The van der Waals surface area contributed by atoms with Gasteiger partial charge >= 0.3 is 0 Å². The van der Waals surface area contributed by atoms with Crippen LogP contribution in [0, 0.1) is 0 Å². The number of hydrogen-bond acceptors (Lipinski definition) is 4. The average Bonchev–Trinajstić information content (AvgIpc) is 2.62. The Morgan fingerprint density at radius 3 is 2.25 bits per heavy atom. The quantitative estimate of drug-likeness (QED) is 0.566. The summed E-state index contributed by atoms with van der Waals surface area (Å²) in [6, 6.07) is 0. The molecular formula is C10H14N2O4. The fourth-order valence-electron chi connectivity index (χ4n) is 1.85. The smallest absolute Gasteiger partial charge is 0.242 e. The molecule has 2 aliphatic rings. The van der Waals surface area contributed by atoms with Crippen LogP contribution in [-0.2, 0) is 19.1 Å². The number of imide groups is 1. The summed E-state index contributed by atoms with van der Waals surface area (Å²) < 4.78 is 5.12. The SMILES string of the molecule is O=C(CN1C(=O)CCC1=O)N1CCOCC1. The monoisotopic (exact) mass is 226 g/mol. The van der Waals surface area contributed by atoms with E-state index in [0.717, 1.165) is 4.90 Å². The first-order valence-corrected chi connectivity index (χ1v) is 5.37. The van der Waals surface area contributed by atoms with Crippen LogP contribution in [0.15, 0.2) is 0 Å². The highest BCUT2D eigenvalue weighted by Crippen LogP contribution is 2.11. The van der Waals surface area contributed by atoms with Crippen LogP contribution in [0.3, 0.4) is 0 Å². The number of hydrogen-bond donors (Lipinski definition) is 0. The molecule has 0 unspecified atom stereocenters. The third kappa shape index (κ3) is 2.21. The minimum Gasteiger partial charge on any atom is -0.378 e. The maximum atomic E-state index is 11.8. The van der Waals surface area contributed by atoms with E-state index in [9.17, 15) is 14.4 Å². The fraction of sp³-hybridized carbons (Fsp3) is 0.700. The molecule has 0 aromatic carbocycles. The largest absolute Gasteiger partial charge is 0.378 e. The molecule has 0 N–H and O–H groups in total. The predicted molar refractivity (Wildman–Crippen MR) is 53.4 cm³/mol. The first kappa shape index (κ1) is 11.1. The van der Waals surface area contributed by atoms with Gasteiger partial charge < -0.3 is 9.64 Å². The number of carbonyl (C=O) groups is 3. The number of amides is 3. The van der Waals surface area contributed by atoms with Crippen LogP contribution in [-0.4, -0.2) is 60.4 Å². The van der Waals surface area contributed by atoms with Crippen molar-refractivity contribution < 1.29 is 19.1 Å². The Hall–Kier alpha value is -1.43. The summed E-state index contributed by atoms with van der Waals surface area (Å²) in [5, 5.41) is 0. The second-order valence-electron chi connectivity index (χ2n) is 3.87. The average molecular weight is 226 g/mol. The molecule has 2 rings (SSSR count). The molecule has 2 aliphatic heterocycles. The molecule has 2 fully saturated rings. The van der Waals surface area contributed by atoms with Crippen LogP contribution in [0.1, 0.15) is 12.8 Å². The van der Waals surface area contributed by atoms with E-state index >= 15 is 0 Å². The lowest BCUT2D eigenvalue weighted by Crippen LogP contribution is -2.46. The van der Waals surface area contributed by atoms with Crippen molar-refractivity contribution >= 4 is 17.7 Å². The Morgan fingerprint density at radius 2 is 1.69 bits per heavy atom. The summed E-state index contributed by atoms with van der Waals surface area (Å²) in [6.07, 6.45) is 0.463. The minimum absolute atomic E-state index is 0.113.